The summed E-state index contributed by atoms with van der Waals surface area (Å²) in [5, 5.41) is 0.199. The first-order valence-corrected chi connectivity index (χ1v) is 7.65. The minimum atomic E-state index is -0.293. The molecule has 0 saturated carbocycles. The van der Waals surface area contributed by atoms with Gasteiger partial charge in [-0.2, -0.15) is 0 Å². The van der Waals surface area contributed by atoms with Gasteiger partial charge in [0.25, 0.3) is 0 Å². The van der Waals surface area contributed by atoms with Crippen LogP contribution in [0.2, 0.25) is 5.02 Å². The van der Waals surface area contributed by atoms with Gasteiger partial charge in [0, 0.05) is 44.0 Å². The quantitative estimate of drug-likeness (QED) is 0.864. The van der Waals surface area contributed by atoms with Gasteiger partial charge < -0.3 is 4.57 Å². The van der Waals surface area contributed by atoms with Crippen LogP contribution in [0.25, 0.3) is 0 Å². The molecular formula is C16H19ClFN3. The zero-order valence-corrected chi connectivity index (χ0v) is 12.9. The minimum absolute atomic E-state index is 0.199. The van der Waals surface area contributed by atoms with Crippen LogP contribution in [-0.2, 0) is 13.6 Å². The fourth-order valence-corrected chi connectivity index (χ4v) is 3.29. The van der Waals surface area contributed by atoms with E-state index >= 15 is 0 Å². The van der Waals surface area contributed by atoms with Crippen molar-refractivity contribution in [3.8, 4) is 0 Å². The molecule has 0 spiro atoms. The summed E-state index contributed by atoms with van der Waals surface area (Å²) < 4.78 is 16.1. The van der Waals surface area contributed by atoms with Crippen LogP contribution < -0.4 is 0 Å². The second-order valence-electron chi connectivity index (χ2n) is 5.68. The van der Waals surface area contributed by atoms with Gasteiger partial charge in [0.05, 0.1) is 5.02 Å². The van der Waals surface area contributed by atoms with Crippen molar-refractivity contribution in [1.29, 1.82) is 0 Å². The molecule has 1 unspecified atom stereocenters. The van der Waals surface area contributed by atoms with E-state index in [1.165, 1.54) is 0 Å². The lowest BCUT2D eigenvalue weighted by molar-refractivity contribution is 0.193. The molecule has 1 aromatic heterocycles. The fourth-order valence-electron chi connectivity index (χ4n) is 3.09. The van der Waals surface area contributed by atoms with E-state index in [1.54, 1.807) is 12.1 Å². The van der Waals surface area contributed by atoms with Crippen LogP contribution in [0.15, 0.2) is 30.6 Å². The third-order valence-electron chi connectivity index (χ3n) is 4.15. The largest absolute Gasteiger partial charge is 0.338 e. The number of hydrogen-bond acceptors (Lipinski definition) is 2. The maximum absolute atomic E-state index is 14.0. The van der Waals surface area contributed by atoms with E-state index in [0.29, 0.717) is 18.0 Å². The molecule has 3 nitrogen and oxygen atoms in total. The normalized spacial score (nSPS) is 19.9. The second-order valence-corrected chi connectivity index (χ2v) is 6.09. The standard InChI is InChI=1S/C16H19ClFN3/c1-20-9-7-19-16(20)13-5-3-8-21(11-13)10-12-4-2-6-14(17)15(12)18/h2,4,6-7,9,13H,3,5,8,10-11H2,1H3. The third kappa shape index (κ3) is 3.11. The summed E-state index contributed by atoms with van der Waals surface area (Å²) in [4.78, 5) is 6.74. The van der Waals surface area contributed by atoms with Crippen molar-refractivity contribution in [1.82, 2.24) is 14.5 Å². The average Bonchev–Trinajstić information content (AvgIpc) is 2.90. The highest BCUT2D eigenvalue weighted by atomic mass is 35.5. The zero-order chi connectivity index (χ0) is 14.8. The van der Waals surface area contributed by atoms with Gasteiger partial charge in [-0.25, -0.2) is 9.37 Å². The Morgan fingerprint density at radius 2 is 2.29 bits per heavy atom. The van der Waals surface area contributed by atoms with Gasteiger partial charge in [-0.1, -0.05) is 23.7 Å². The van der Waals surface area contributed by atoms with Gasteiger partial charge in [0.15, 0.2) is 0 Å². The molecule has 0 N–H and O–H groups in total. The Bertz CT molecular complexity index is 626. The monoisotopic (exact) mass is 307 g/mol. The Morgan fingerprint density at radius 1 is 1.43 bits per heavy atom. The van der Waals surface area contributed by atoms with Crippen LogP contribution in [0, 0.1) is 5.82 Å². The SMILES string of the molecule is Cn1ccnc1C1CCCN(Cc2cccc(Cl)c2F)C1. The first-order valence-electron chi connectivity index (χ1n) is 7.27. The van der Waals surface area contributed by atoms with Crippen molar-refractivity contribution in [2.24, 2.45) is 7.05 Å². The molecule has 1 saturated heterocycles. The number of benzene rings is 1. The third-order valence-corrected chi connectivity index (χ3v) is 4.45. The lowest BCUT2D eigenvalue weighted by atomic mass is 9.96. The van der Waals surface area contributed by atoms with Crippen LogP contribution >= 0.6 is 11.6 Å². The van der Waals surface area contributed by atoms with Gasteiger partial charge in [-0.05, 0) is 25.5 Å². The molecule has 0 amide bonds. The average molecular weight is 308 g/mol. The summed E-state index contributed by atoms with van der Waals surface area (Å²) in [5.41, 5.74) is 0.669. The van der Waals surface area contributed by atoms with Crippen LogP contribution in [0.1, 0.15) is 30.1 Å². The smallest absolute Gasteiger partial charge is 0.146 e. The highest BCUT2D eigenvalue weighted by Crippen LogP contribution is 2.27. The summed E-state index contributed by atoms with van der Waals surface area (Å²) in [7, 11) is 2.03. The molecule has 1 aliphatic rings. The molecule has 1 aromatic carbocycles. The topological polar surface area (TPSA) is 21.1 Å². The predicted octanol–water partition coefficient (Wildman–Crippen LogP) is 3.59. The molecule has 1 atom stereocenters. The Labute approximate surface area is 129 Å². The summed E-state index contributed by atoms with van der Waals surface area (Å²) >= 11 is 5.86. The number of piperidine rings is 1. The number of nitrogens with zero attached hydrogens (tertiary/aromatic N) is 3. The van der Waals surface area contributed by atoms with Crippen molar-refractivity contribution in [3.05, 3.63) is 52.8 Å². The molecular weight excluding hydrogens is 289 g/mol. The van der Waals surface area contributed by atoms with E-state index in [2.05, 4.69) is 14.5 Å². The molecule has 2 aromatic rings. The van der Waals surface area contributed by atoms with Crippen molar-refractivity contribution >= 4 is 11.6 Å². The van der Waals surface area contributed by atoms with Crippen LogP contribution in [0.5, 0.6) is 0 Å². The molecule has 0 bridgehead atoms. The van der Waals surface area contributed by atoms with Crippen molar-refractivity contribution in [2.75, 3.05) is 13.1 Å². The van der Waals surface area contributed by atoms with Gasteiger partial charge in [0.1, 0.15) is 11.6 Å². The zero-order valence-electron chi connectivity index (χ0n) is 12.1. The molecule has 5 heteroatoms. The Morgan fingerprint density at radius 3 is 3.05 bits per heavy atom. The molecule has 2 heterocycles. The number of halogens is 2. The Hall–Kier alpha value is -1.39. The highest BCUT2D eigenvalue weighted by Gasteiger charge is 2.24. The van der Waals surface area contributed by atoms with E-state index in [4.69, 9.17) is 11.6 Å². The molecule has 21 heavy (non-hydrogen) atoms. The first kappa shape index (κ1) is 14.5. The molecule has 1 fully saturated rings. The minimum Gasteiger partial charge on any atom is -0.338 e. The van der Waals surface area contributed by atoms with Gasteiger partial charge in [-0.15, -0.1) is 0 Å². The van der Waals surface area contributed by atoms with Crippen LogP contribution in [0.3, 0.4) is 0 Å². The maximum atomic E-state index is 14.0. The number of rotatable bonds is 3. The molecule has 3 rings (SSSR count). The van der Waals surface area contributed by atoms with Crippen molar-refractivity contribution in [2.45, 2.75) is 25.3 Å². The molecule has 0 aliphatic carbocycles. The van der Waals surface area contributed by atoms with Crippen molar-refractivity contribution in [3.63, 3.8) is 0 Å². The van der Waals surface area contributed by atoms with E-state index < -0.39 is 0 Å². The van der Waals surface area contributed by atoms with E-state index in [-0.39, 0.29) is 10.8 Å². The molecule has 1 aliphatic heterocycles. The number of hydrogen-bond donors (Lipinski definition) is 0. The highest BCUT2D eigenvalue weighted by molar-refractivity contribution is 6.30. The summed E-state index contributed by atoms with van der Waals surface area (Å²) in [6, 6.07) is 5.21. The van der Waals surface area contributed by atoms with Crippen molar-refractivity contribution < 1.29 is 4.39 Å². The lowest BCUT2D eigenvalue weighted by Crippen LogP contribution is -2.35. The maximum Gasteiger partial charge on any atom is 0.146 e. The summed E-state index contributed by atoms with van der Waals surface area (Å²) in [6.45, 7) is 2.51. The summed E-state index contributed by atoms with van der Waals surface area (Å²) in [6.07, 6.45) is 6.06. The number of aryl methyl sites for hydroxylation is 1. The Balaban J connectivity index is 1.72. The van der Waals surface area contributed by atoms with Gasteiger partial charge in [-0.3, -0.25) is 4.90 Å². The van der Waals surface area contributed by atoms with E-state index in [1.807, 2.05) is 25.5 Å². The summed E-state index contributed by atoms with van der Waals surface area (Å²) in [5.74, 6) is 1.24. The second kappa shape index (κ2) is 6.16. The fraction of sp³-hybridized carbons (Fsp3) is 0.438. The first-order chi connectivity index (χ1) is 10.1. The Kier molecular flexibility index (Phi) is 4.27. The molecule has 112 valence electrons. The van der Waals surface area contributed by atoms with E-state index in [0.717, 1.165) is 31.8 Å². The number of imidazole rings is 1. The number of likely N-dealkylation sites (tertiary alicyclic amines) is 1. The van der Waals surface area contributed by atoms with E-state index in [9.17, 15) is 4.39 Å². The van der Waals surface area contributed by atoms with Crippen LogP contribution in [-0.4, -0.2) is 27.5 Å². The van der Waals surface area contributed by atoms with Crippen LogP contribution in [0.4, 0.5) is 4.39 Å². The predicted molar refractivity (Wildman–Crippen MR) is 81.9 cm³/mol. The lowest BCUT2D eigenvalue weighted by Gasteiger charge is -2.32. The molecule has 0 radical (unpaired) electrons. The van der Waals surface area contributed by atoms with Gasteiger partial charge in [0.2, 0.25) is 0 Å². The van der Waals surface area contributed by atoms with Gasteiger partial charge >= 0.3 is 0 Å². The number of aromatic nitrogens is 2.